The van der Waals surface area contributed by atoms with Gasteiger partial charge in [-0.15, -0.1) is 0 Å². The van der Waals surface area contributed by atoms with Gasteiger partial charge in [0.05, 0.1) is 5.60 Å². The fraction of sp³-hybridized carbons (Fsp3) is 0.955. The molecular formula is C22H34O2. The molecule has 0 saturated heterocycles. The summed E-state index contributed by atoms with van der Waals surface area (Å²) < 4.78 is 0. The molecule has 9 atom stereocenters. The summed E-state index contributed by atoms with van der Waals surface area (Å²) in [6, 6.07) is 0. The van der Waals surface area contributed by atoms with E-state index in [0.717, 1.165) is 55.3 Å². The van der Waals surface area contributed by atoms with Crippen molar-refractivity contribution in [3.8, 4) is 0 Å². The number of hydrogen-bond donors (Lipinski definition) is 1. The summed E-state index contributed by atoms with van der Waals surface area (Å²) in [5.41, 5.74) is 0.0548. The molecule has 0 aromatic carbocycles. The van der Waals surface area contributed by atoms with Gasteiger partial charge in [0.15, 0.2) is 0 Å². The van der Waals surface area contributed by atoms with Gasteiger partial charge in [-0.2, -0.15) is 0 Å². The van der Waals surface area contributed by atoms with E-state index in [2.05, 4.69) is 13.8 Å². The van der Waals surface area contributed by atoms with E-state index in [0.29, 0.717) is 23.0 Å². The van der Waals surface area contributed by atoms with Crippen LogP contribution in [0.3, 0.4) is 0 Å². The molecule has 5 aliphatic rings. The Kier molecular flexibility index (Phi) is 3.36. The van der Waals surface area contributed by atoms with Crippen LogP contribution in [0.15, 0.2) is 0 Å². The molecule has 0 aromatic rings. The van der Waals surface area contributed by atoms with E-state index in [-0.39, 0.29) is 5.60 Å². The summed E-state index contributed by atoms with van der Waals surface area (Å²) >= 11 is 0. The fourth-order valence-corrected chi connectivity index (χ4v) is 8.46. The summed E-state index contributed by atoms with van der Waals surface area (Å²) in [7, 11) is 0. The molecule has 2 nitrogen and oxygen atoms in total. The molecule has 5 fully saturated rings. The summed E-state index contributed by atoms with van der Waals surface area (Å²) in [4.78, 5) is 12.5. The van der Waals surface area contributed by atoms with Gasteiger partial charge in [0.2, 0.25) is 0 Å². The van der Waals surface area contributed by atoms with Gasteiger partial charge < -0.3 is 5.11 Å². The smallest absolute Gasteiger partial charge is 0.136 e. The molecule has 0 heterocycles. The van der Waals surface area contributed by atoms with E-state index in [1.807, 2.05) is 0 Å². The SMILES string of the molecule is CCC(=O)[C@H]1CC[C@H]2[C@@H]3CC[C@@H]4C5C[C@@]5(O)CC[C@@H]4[C@H]3CC[C@]12C. The minimum Gasteiger partial charge on any atom is -0.390 e. The number of aliphatic hydroxyl groups is 1. The molecule has 5 rings (SSSR count). The lowest BCUT2D eigenvalue weighted by Gasteiger charge is -2.56. The molecule has 134 valence electrons. The molecule has 0 amide bonds. The Balaban J connectivity index is 1.39. The Bertz CT molecular complexity index is 556. The normalized spacial score (nSPS) is 58.2. The molecule has 0 aromatic heterocycles. The van der Waals surface area contributed by atoms with Crippen molar-refractivity contribution >= 4 is 5.78 Å². The minimum atomic E-state index is -0.247. The van der Waals surface area contributed by atoms with Crippen molar-refractivity contribution in [1.29, 1.82) is 0 Å². The van der Waals surface area contributed by atoms with Crippen LogP contribution in [0.25, 0.3) is 0 Å². The Morgan fingerprint density at radius 2 is 1.58 bits per heavy atom. The van der Waals surface area contributed by atoms with Crippen molar-refractivity contribution in [3.05, 3.63) is 0 Å². The second-order valence-corrected chi connectivity index (χ2v) is 10.3. The highest BCUT2D eigenvalue weighted by atomic mass is 16.3. The number of carbonyl (C=O) groups is 1. The van der Waals surface area contributed by atoms with Gasteiger partial charge in [-0.25, -0.2) is 0 Å². The number of fused-ring (bicyclic) bond motifs is 7. The van der Waals surface area contributed by atoms with Crippen LogP contribution >= 0.6 is 0 Å². The maximum absolute atomic E-state index is 12.5. The highest BCUT2D eigenvalue weighted by Crippen LogP contribution is 2.68. The summed E-state index contributed by atoms with van der Waals surface area (Å²) in [5, 5.41) is 10.6. The zero-order valence-corrected chi connectivity index (χ0v) is 15.5. The van der Waals surface area contributed by atoms with Crippen LogP contribution in [0.4, 0.5) is 0 Å². The summed E-state index contributed by atoms with van der Waals surface area (Å²) in [6.07, 6.45) is 12.0. The molecule has 0 radical (unpaired) electrons. The quantitative estimate of drug-likeness (QED) is 0.803. The summed E-state index contributed by atoms with van der Waals surface area (Å²) in [5.74, 6) is 5.83. The predicted molar refractivity (Wildman–Crippen MR) is 94.3 cm³/mol. The standard InChI is InChI=1S/C22H34O2/c1-3-20(23)18-7-6-17-15-4-5-16-14(9-11-22(24)12-19(16)22)13(15)8-10-21(17,18)2/h13-19,24H,3-12H2,1-2H3/t13-,14-,15-,16+,17+,18-,19?,21+,22+/m1/s1. The Morgan fingerprint density at radius 3 is 2.29 bits per heavy atom. The van der Waals surface area contributed by atoms with Crippen LogP contribution in [-0.2, 0) is 4.79 Å². The first-order chi connectivity index (χ1) is 11.5. The molecule has 5 saturated carbocycles. The largest absolute Gasteiger partial charge is 0.390 e. The topological polar surface area (TPSA) is 37.3 Å². The molecule has 5 aliphatic carbocycles. The van der Waals surface area contributed by atoms with E-state index in [1.54, 1.807) is 0 Å². The molecule has 1 N–H and O–H groups in total. The highest BCUT2D eigenvalue weighted by molar-refractivity contribution is 5.81. The number of ketones is 1. The average Bonchev–Trinajstić information content (AvgIpc) is 3.15. The first-order valence-electron chi connectivity index (χ1n) is 10.7. The Hall–Kier alpha value is -0.370. The zero-order valence-electron chi connectivity index (χ0n) is 15.5. The molecular weight excluding hydrogens is 296 g/mol. The molecule has 0 spiro atoms. The van der Waals surface area contributed by atoms with E-state index in [4.69, 9.17) is 0 Å². The first-order valence-corrected chi connectivity index (χ1v) is 10.7. The monoisotopic (exact) mass is 330 g/mol. The number of hydrogen-bond acceptors (Lipinski definition) is 2. The number of carbonyl (C=O) groups excluding carboxylic acids is 1. The van der Waals surface area contributed by atoms with E-state index >= 15 is 0 Å². The van der Waals surface area contributed by atoms with Gasteiger partial charge in [0, 0.05) is 12.3 Å². The van der Waals surface area contributed by atoms with Crippen molar-refractivity contribution in [1.82, 2.24) is 0 Å². The van der Waals surface area contributed by atoms with Crippen LogP contribution in [0, 0.1) is 46.8 Å². The van der Waals surface area contributed by atoms with Gasteiger partial charge in [0.1, 0.15) is 5.78 Å². The average molecular weight is 331 g/mol. The molecule has 0 bridgehead atoms. The summed E-state index contributed by atoms with van der Waals surface area (Å²) in [6.45, 7) is 4.51. The molecule has 1 unspecified atom stereocenters. The van der Waals surface area contributed by atoms with E-state index in [1.165, 1.54) is 38.5 Å². The van der Waals surface area contributed by atoms with Crippen LogP contribution in [0.5, 0.6) is 0 Å². The van der Waals surface area contributed by atoms with Crippen LogP contribution < -0.4 is 0 Å². The van der Waals surface area contributed by atoms with Gasteiger partial charge in [0.25, 0.3) is 0 Å². The van der Waals surface area contributed by atoms with Crippen molar-refractivity contribution in [2.45, 2.75) is 83.7 Å². The van der Waals surface area contributed by atoms with Crippen molar-refractivity contribution in [2.24, 2.45) is 46.8 Å². The van der Waals surface area contributed by atoms with E-state index in [9.17, 15) is 9.90 Å². The van der Waals surface area contributed by atoms with Crippen LogP contribution in [0.2, 0.25) is 0 Å². The van der Waals surface area contributed by atoms with Gasteiger partial charge in [-0.3, -0.25) is 4.79 Å². The van der Waals surface area contributed by atoms with Crippen LogP contribution in [0.1, 0.15) is 78.1 Å². The maximum atomic E-state index is 12.5. The fourth-order valence-electron chi connectivity index (χ4n) is 8.46. The lowest BCUT2D eigenvalue weighted by Crippen LogP contribution is -2.50. The number of Topliss-reactive ketones (excluding diaryl/α,β-unsaturated/α-hetero) is 1. The third-order valence-electron chi connectivity index (χ3n) is 9.69. The second-order valence-electron chi connectivity index (χ2n) is 10.3. The van der Waals surface area contributed by atoms with Crippen molar-refractivity contribution < 1.29 is 9.90 Å². The lowest BCUT2D eigenvalue weighted by molar-refractivity contribution is -0.130. The first kappa shape index (κ1) is 15.9. The molecule has 0 aliphatic heterocycles. The van der Waals surface area contributed by atoms with Crippen molar-refractivity contribution in [2.75, 3.05) is 0 Å². The minimum absolute atomic E-state index is 0.247. The zero-order chi connectivity index (χ0) is 16.7. The maximum Gasteiger partial charge on any atom is 0.136 e. The van der Waals surface area contributed by atoms with Gasteiger partial charge in [-0.1, -0.05) is 13.8 Å². The Labute approximate surface area is 146 Å². The Morgan fingerprint density at radius 1 is 0.917 bits per heavy atom. The lowest BCUT2D eigenvalue weighted by atomic mass is 9.49. The van der Waals surface area contributed by atoms with Crippen molar-refractivity contribution in [3.63, 3.8) is 0 Å². The second kappa shape index (κ2) is 5.09. The van der Waals surface area contributed by atoms with Crippen LogP contribution in [-0.4, -0.2) is 16.5 Å². The van der Waals surface area contributed by atoms with E-state index < -0.39 is 0 Å². The third-order valence-corrected chi connectivity index (χ3v) is 9.69. The number of rotatable bonds is 2. The van der Waals surface area contributed by atoms with Gasteiger partial charge in [-0.05, 0) is 98.7 Å². The van der Waals surface area contributed by atoms with Gasteiger partial charge >= 0.3 is 0 Å². The molecule has 2 heteroatoms. The third kappa shape index (κ3) is 1.95. The predicted octanol–water partition coefficient (Wildman–Crippen LogP) is 4.60. The molecule has 24 heavy (non-hydrogen) atoms. The highest BCUT2D eigenvalue weighted by Gasteiger charge is 2.65.